The van der Waals surface area contributed by atoms with Gasteiger partial charge in [0.05, 0.1) is 0 Å². The summed E-state index contributed by atoms with van der Waals surface area (Å²) in [7, 11) is 0. The van der Waals surface area contributed by atoms with Gasteiger partial charge in [-0.15, -0.1) is 6.92 Å². The first kappa shape index (κ1) is 10.6. The molecule has 1 aromatic rings. The van der Waals surface area contributed by atoms with E-state index in [1.54, 1.807) is 6.20 Å². The van der Waals surface area contributed by atoms with Crippen molar-refractivity contribution in [1.29, 1.82) is 0 Å². The Kier molecular flexibility index (Phi) is 5.57. The second-order valence-electron chi connectivity index (χ2n) is 1.82. The van der Waals surface area contributed by atoms with Gasteiger partial charge in [0.2, 0.25) is 0 Å². The monoisotopic (exact) mass is 160 g/mol. The van der Waals surface area contributed by atoms with Crippen LogP contribution in [0.1, 0.15) is 18.4 Å². The molecule has 1 aromatic heterocycles. The van der Waals surface area contributed by atoms with Crippen molar-refractivity contribution in [1.82, 2.24) is 9.97 Å². The van der Waals surface area contributed by atoms with E-state index in [2.05, 4.69) is 9.97 Å². The van der Waals surface area contributed by atoms with Crippen LogP contribution in [0.5, 0.6) is 0 Å². The first-order chi connectivity index (χ1) is 4.33. The van der Waals surface area contributed by atoms with Crippen molar-refractivity contribution in [3.8, 4) is 0 Å². The zero-order valence-corrected chi connectivity index (χ0v) is 9.75. The second-order valence-corrected chi connectivity index (χ2v) is 1.82. The van der Waals surface area contributed by atoms with Crippen LogP contribution in [0.2, 0.25) is 0 Å². The van der Waals surface area contributed by atoms with E-state index in [-0.39, 0.29) is 51.4 Å². The first-order valence-corrected chi connectivity index (χ1v) is 2.92. The molecule has 0 aliphatic heterocycles. The molecular weight excluding hydrogens is 151 g/mol. The van der Waals surface area contributed by atoms with E-state index in [1.807, 2.05) is 26.3 Å². The summed E-state index contributed by atoms with van der Waals surface area (Å²) in [6.45, 7) is 3.84. The minimum Gasteiger partial charge on any atom is -0.272 e. The Bertz CT molecular complexity index is 201. The molecule has 0 saturated carbocycles. The topological polar surface area (TPSA) is 25.8 Å². The Balaban J connectivity index is 0.000000810. The zero-order valence-electron chi connectivity index (χ0n) is 6.63. The zero-order chi connectivity index (χ0) is 6.69. The van der Waals surface area contributed by atoms with Crippen LogP contribution in [0, 0.1) is 13.3 Å². The third-order valence-corrected chi connectivity index (χ3v) is 1.09. The van der Waals surface area contributed by atoms with Crippen LogP contribution in [0.25, 0.3) is 0 Å². The summed E-state index contributed by atoms with van der Waals surface area (Å²) in [5.74, 6) is 0.825. The predicted octanol–water partition coefficient (Wildman–Crippen LogP) is -1.64. The average Bonchev–Trinajstić information content (AvgIpc) is 1.88. The number of hydrogen-bond donors (Lipinski definition) is 0. The normalized spacial score (nSPS) is 8.20. The van der Waals surface area contributed by atoms with Gasteiger partial charge >= 0.3 is 51.4 Å². The largest absolute Gasteiger partial charge is 1.00 e. The predicted molar refractivity (Wildman–Crippen MR) is 35.8 cm³/mol. The second kappa shape index (κ2) is 5.26. The van der Waals surface area contributed by atoms with Gasteiger partial charge in [-0.3, -0.25) is 9.97 Å². The van der Waals surface area contributed by atoms with Crippen molar-refractivity contribution < 1.29 is 51.4 Å². The number of rotatable bonds is 1. The summed E-state index contributed by atoms with van der Waals surface area (Å²) in [5, 5.41) is 0. The van der Waals surface area contributed by atoms with E-state index >= 15 is 0 Å². The van der Waals surface area contributed by atoms with Gasteiger partial charge in [0.1, 0.15) is 5.82 Å². The molecule has 48 valence electrons. The van der Waals surface area contributed by atoms with Gasteiger partial charge in [-0.25, -0.2) is 6.42 Å². The van der Waals surface area contributed by atoms with Crippen LogP contribution >= 0.6 is 0 Å². The summed E-state index contributed by atoms with van der Waals surface area (Å²) < 4.78 is 0. The van der Waals surface area contributed by atoms with Crippen molar-refractivity contribution in [2.24, 2.45) is 0 Å². The van der Waals surface area contributed by atoms with Crippen LogP contribution < -0.4 is 51.4 Å². The van der Waals surface area contributed by atoms with Crippen LogP contribution in [-0.4, -0.2) is 9.97 Å². The molecule has 0 radical (unpaired) electrons. The van der Waals surface area contributed by atoms with Gasteiger partial charge < -0.3 is 0 Å². The van der Waals surface area contributed by atoms with Crippen molar-refractivity contribution in [2.75, 3.05) is 0 Å². The molecule has 0 spiro atoms. The summed E-state index contributed by atoms with van der Waals surface area (Å²) in [5.41, 5.74) is 0.988. The Labute approximate surface area is 104 Å². The molecule has 0 saturated heterocycles. The molecule has 1 rings (SSSR count). The number of aromatic nitrogens is 2. The van der Waals surface area contributed by atoms with E-state index in [1.165, 1.54) is 0 Å². The maximum Gasteiger partial charge on any atom is 1.00 e. The van der Waals surface area contributed by atoms with E-state index in [9.17, 15) is 0 Å². The van der Waals surface area contributed by atoms with Crippen LogP contribution in [0.3, 0.4) is 0 Å². The number of hydrogen-bond acceptors (Lipinski definition) is 2. The van der Waals surface area contributed by atoms with Gasteiger partial charge in [-0.05, 0) is 13.1 Å². The van der Waals surface area contributed by atoms with E-state index in [0.717, 1.165) is 11.5 Å². The van der Waals surface area contributed by atoms with Crippen molar-refractivity contribution in [2.45, 2.75) is 13.8 Å². The molecule has 0 unspecified atom stereocenters. The summed E-state index contributed by atoms with van der Waals surface area (Å²) in [4.78, 5) is 8.08. The number of aryl methyl sites for hydroxylation is 1. The van der Waals surface area contributed by atoms with Crippen molar-refractivity contribution in [3.63, 3.8) is 0 Å². The molecule has 0 fully saturated rings. The molecular formula is C7H9KN2. The summed E-state index contributed by atoms with van der Waals surface area (Å²) in [6.07, 6.45) is 3.71. The van der Waals surface area contributed by atoms with E-state index in [4.69, 9.17) is 0 Å². The third-order valence-electron chi connectivity index (χ3n) is 1.09. The van der Waals surface area contributed by atoms with E-state index < -0.39 is 0 Å². The SMILES string of the molecule is C[CH-]c1ccnc(C)n1.[K+]. The molecule has 0 amide bonds. The van der Waals surface area contributed by atoms with Crippen molar-refractivity contribution >= 4 is 0 Å². The van der Waals surface area contributed by atoms with Crippen LogP contribution in [0.15, 0.2) is 12.3 Å². The standard InChI is InChI=1S/C7H9N2.K/c1-3-7-4-5-8-6(2)9-7;/h3-5H,1-2H3;/q-1;+1. The van der Waals surface area contributed by atoms with Gasteiger partial charge in [0.15, 0.2) is 0 Å². The third kappa shape index (κ3) is 3.12. The number of nitrogens with zero attached hydrogens (tertiary/aromatic N) is 2. The molecule has 0 N–H and O–H groups in total. The fourth-order valence-electron chi connectivity index (χ4n) is 0.635. The van der Waals surface area contributed by atoms with Gasteiger partial charge in [-0.1, -0.05) is 5.69 Å². The van der Waals surface area contributed by atoms with E-state index in [0.29, 0.717) is 0 Å². The Morgan fingerprint density at radius 3 is 2.60 bits per heavy atom. The van der Waals surface area contributed by atoms with Gasteiger partial charge in [0.25, 0.3) is 0 Å². The van der Waals surface area contributed by atoms with Gasteiger partial charge in [0, 0.05) is 0 Å². The molecule has 0 aliphatic carbocycles. The minimum atomic E-state index is 0. The molecule has 1 heterocycles. The van der Waals surface area contributed by atoms with Crippen LogP contribution in [-0.2, 0) is 0 Å². The molecule has 10 heavy (non-hydrogen) atoms. The molecule has 0 bridgehead atoms. The first-order valence-electron chi connectivity index (χ1n) is 2.92. The van der Waals surface area contributed by atoms with Crippen molar-refractivity contribution in [3.05, 3.63) is 30.2 Å². The maximum atomic E-state index is 4.12. The quantitative estimate of drug-likeness (QED) is 0.364. The fraction of sp³-hybridized carbons (Fsp3) is 0.286. The summed E-state index contributed by atoms with van der Waals surface area (Å²) >= 11 is 0. The Hall–Kier alpha value is 0.586. The molecule has 0 aliphatic rings. The van der Waals surface area contributed by atoms with Crippen LogP contribution in [0.4, 0.5) is 0 Å². The maximum absolute atomic E-state index is 4.12. The fourth-order valence-corrected chi connectivity index (χ4v) is 0.635. The minimum absolute atomic E-state index is 0. The summed E-state index contributed by atoms with van der Waals surface area (Å²) in [6, 6.07) is 1.88. The molecule has 0 atom stereocenters. The molecule has 3 heteroatoms. The van der Waals surface area contributed by atoms with Gasteiger partial charge in [-0.2, -0.15) is 6.07 Å². The Morgan fingerprint density at radius 1 is 1.50 bits per heavy atom. The molecule has 0 aromatic carbocycles. The Morgan fingerprint density at radius 2 is 2.20 bits per heavy atom. The smallest absolute Gasteiger partial charge is 0.272 e. The average molecular weight is 160 g/mol. The molecule has 2 nitrogen and oxygen atoms in total.